The molecule has 0 spiro atoms. The van der Waals surface area contributed by atoms with Crippen LogP contribution in [-0.4, -0.2) is 66.8 Å². The number of hydrogen-bond donors (Lipinski definition) is 0. The summed E-state index contributed by atoms with van der Waals surface area (Å²) in [6, 6.07) is 11.2. The number of nitrogens with zero attached hydrogens (tertiary/aromatic N) is 8. The Morgan fingerprint density at radius 3 is 2.65 bits per heavy atom. The molecule has 4 aromatic rings. The van der Waals surface area contributed by atoms with Crippen molar-refractivity contribution in [3.8, 4) is 23.1 Å². The van der Waals surface area contributed by atoms with E-state index in [0.717, 1.165) is 22.5 Å². The molecule has 1 aliphatic heterocycles. The third-order valence-corrected chi connectivity index (χ3v) is 6.18. The van der Waals surface area contributed by atoms with Gasteiger partial charge in [0.1, 0.15) is 23.6 Å². The predicted octanol–water partition coefficient (Wildman–Crippen LogP) is 4.19. The van der Waals surface area contributed by atoms with Gasteiger partial charge in [0.05, 0.1) is 22.7 Å². The van der Waals surface area contributed by atoms with Crippen LogP contribution >= 0.6 is 0 Å². The molecule has 5 heterocycles. The van der Waals surface area contributed by atoms with Gasteiger partial charge in [0.15, 0.2) is 5.65 Å². The van der Waals surface area contributed by atoms with Crippen LogP contribution in [0.1, 0.15) is 33.3 Å². The maximum atomic E-state index is 12.7. The van der Waals surface area contributed by atoms with Crippen molar-refractivity contribution in [1.82, 2.24) is 29.4 Å². The van der Waals surface area contributed by atoms with Gasteiger partial charge in [-0.05, 0) is 52.0 Å². The maximum absolute atomic E-state index is 12.7. The minimum absolute atomic E-state index is 0.0806. The SMILES string of the molecule is CC1CN(c2ncnc3c2c(-c2ccccn2)cn3-c2cc(C#N)ccn2)CCN1C(=O)OC(C)(C)C. The highest BCUT2D eigenvalue weighted by atomic mass is 16.6. The van der Waals surface area contributed by atoms with Crippen LogP contribution in [0.25, 0.3) is 28.1 Å². The van der Waals surface area contributed by atoms with E-state index in [2.05, 4.69) is 30.9 Å². The fourth-order valence-electron chi connectivity index (χ4n) is 4.54. The summed E-state index contributed by atoms with van der Waals surface area (Å²) in [6.07, 6.45) is 6.53. The molecule has 1 saturated heterocycles. The smallest absolute Gasteiger partial charge is 0.410 e. The number of piperazine rings is 1. The lowest BCUT2D eigenvalue weighted by atomic mass is 10.1. The third-order valence-electron chi connectivity index (χ3n) is 6.18. The molecule has 4 aromatic heterocycles. The van der Waals surface area contributed by atoms with Gasteiger partial charge in [0.2, 0.25) is 0 Å². The summed E-state index contributed by atoms with van der Waals surface area (Å²) in [7, 11) is 0. The van der Waals surface area contributed by atoms with Crippen molar-refractivity contribution in [1.29, 1.82) is 5.26 Å². The van der Waals surface area contributed by atoms with Crippen LogP contribution in [0.5, 0.6) is 0 Å². The second-order valence-electron chi connectivity index (χ2n) is 10.0. The Balaban J connectivity index is 1.58. The summed E-state index contributed by atoms with van der Waals surface area (Å²) in [5.74, 6) is 1.34. The molecule has 5 rings (SSSR count). The summed E-state index contributed by atoms with van der Waals surface area (Å²) >= 11 is 0. The van der Waals surface area contributed by atoms with Crippen LogP contribution in [0.15, 0.2) is 55.2 Å². The van der Waals surface area contributed by atoms with E-state index in [4.69, 9.17) is 4.74 Å². The molecule has 10 nitrogen and oxygen atoms in total. The Kier molecular flexibility index (Phi) is 6.21. The molecule has 0 bridgehead atoms. The number of carbonyl (C=O) groups is 1. The molecule has 188 valence electrons. The molecule has 1 atom stereocenters. The Morgan fingerprint density at radius 2 is 1.95 bits per heavy atom. The number of ether oxygens (including phenoxy) is 1. The first-order valence-corrected chi connectivity index (χ1v) is 12.1. The van der Waals surface area contributed by atoms with Crippen molar-refractivity contribution in [2.45, 2.75) is 39.3 Å². The van der Waals surface area contributed by atoms with Crippen molar-refractivity contribution in [3.05, 3.63) is 60.8 Å². The number of aromatic nitrogens is 5. The monoisotopic (exact) mass is 496 g/mol. The van der Waals surface area contributed by atoms with Crippen molar-refractivity contribution < 1.29 is 9.53 Å². The number of carbonyl (C=O) groups excluding carboxylic acids is 1. The lowest BCUT2D eigenvalue weighted by molar-refractivity contribution is 0.0159. The number of fused-ring (bicyclic) bond motifs is 1. The Bertz CT molecular complexity index is 1490. The lowest BCUT2D eigenvalue weighted by Gasteiger charge is -2.40. The van der Waals surface area contributed by atoms with Gasteiger partial charge in [-0.1, -0.05) is 6.07 Å². The first-order valence-electron chi connectivity index (χ1n) is 12.1. The molecule has 0 saturated carbocycles. The number of pyridine rings is 2. The van der Waals surface area contributed by atoms with Gasteiger partial charge < -0.3 is 14.5 Å². The van der Waals surface area contributed by atoms with E-state index in [1.807, 2.05) is 56.7 Å². The van der Waals surface area contributed by atoms with Crippen molar-refractivity contribution in [3.63, 3.8) is 0 Å². The first-order chi connectivity index (χ1) is 17.7. The van der Waals surface area contributed by atoms with Crippen molar-refractivity contribution in [2.75, 3.05) is 24.5 Å². The Labute approximate surface area is 215 Å². The van der Waals surface area contributed by atoms with Gasteiger partial charge in [0, 0.05) is 49.8 Å². The number of amides is 1. The van der Waals surface area contributed by atoms with Gasteiger partial charge in [-0.25, -0.2) is 19.7 Å². The molecule has 1 aliphatic rings. The van der Waals surface area contributed by atoms with E-state index in [1.54, 1.807) is 29.4 Å². The first kappa shape index (κ1) is 24.2. The zero-order chi connectivity index (χ0) is 26.2. The largest absolute Gasteiger partial charge is 0.444 e. The molecular formula is C27H28N8O2. The fraction of sp³-hybridized carbons (Fsp3) is 0.333. The minimum Gasteiger partial charge on any atom is -0.444 e. The highest BCUT2D eigenvalue weighted by Gasteiger charge is 2.32. The maximum Gasteiger partial charge on any atom is 0.410 e. The van der Waals surface area contributed by atoms with Gasteiger partial charge in [-0.2, -0.15) is 5.26 Å². The van der Waals surface area contributed by atoms with Crippen LogP contribution in [-0.2, 0) is 4.74 Å². The molecule has 10 heteroatoms. The molecule has 1 amide bonds. The minimum atomic E-state index is -0.551. The van der Waals surface area contributed by atoms with Gasteiger partial charge >= 0.3 is 6.09 Å². The second-order valence-corrected chi connectivity index (χ2v) is 10.0. The highest BCUT2D eigenvalue weighted by Crippen LogP contribution is 2.36. The van der Waals surface area contributed by atoms with Gasteiger partial charge in [-0.3, -0.25) is 9.55 Å². The highest BCUT2D eigenvalue weighted by molar-refractivity contribution is 6.01. The number of nitriles is 1. The predicted molar refractivity (Wildman–Crippen MR) is 139 cm³/mol. The fourth-order valence-corrected chi connectivity index (χ4v) is 4.54. The van der Waals surface area contributed by atoms with Crippen LogP contribution in [0, 0.1) is 11.3 Å². The average Bonchev–Trinajstić information content (AvgIpc) is 3.28. The average molecular weight is 497 g/mol. The Morgan fingerprint density at radius 1 is 1.11 bits per heavy atom. The van der Waals surface area contributed by atoms with Crippen molar-refractivity contribution >= 4 is 22.9 Å². The molecule has 1 unspecified atom stereocenters. The van der Waals surface area contributed by atoms with Crippen LogP contribution in [0.4, 0.5) is 10.6 Å². The van der Waals surface area contributed by atoms with Crippen LogP contribution < -0.4 is 4.90 Å². The van der Waals surface area contributed by atoms with E-state index >= 15 is 0 Å². The van der Waals surface area contributed by atoms with E-state index < -0.39 is 5.60 Å². The molecule has 0 radical (unpaired) electrons. The summed E-state index contributed by atoms with van der Waals surface area (Å²) in [4.78, 5) is 35.0. The molecule has 37 heavy (non-hydrogen) atoms. The number of hydrogen-bond acceptors (Lipinski definition) is 8. The van der Waals surface area contributed by atoms with E-state index in [9.17, 15) is 10.1 Å². The quantitative estimate of drug-likeness (QED) is 0.415. The topological polar surface area (TPSA) is 113 Å². The normalized spacial score (nSPS) is 16.0. The summed E-state index contributed by atoms with van der Waals surface area (Å²) in [5, 5.41) is 10.2. The summed E-state index contributed by atoms with van der Waals surface area (Å²) < 4.78 is 7.48. The molecule has 1 fully saturated rings. The zero-order valence-electron chi connectivity index (χ0n) is 21.3. The second kappa shape index (κ2) is 9.50. The summed E-state index contributed by atoms with van der Waals surface area (Å²) in [6.45, 7) is 9.30. The standard InChI is InChI=1S/C27H28N8O2/c1-18-15-33(11-12-34(18)26(36)37-27(2,3)4)24-23-20(21-7-5-6-9-29-21)16-35(25(23)32-17-31-24)22-13-19(14-28)8-10-30-22/h5-10,13,16-18H,11-12,15H2,1-4H3. The molecule has 0 aliphatic carbocycles. The molecule has 0 aromatic carbocycles. The zero-order valence-corrected chi connectivity index (χ0v) is 21.3. The number of anilines is 1. The van der Waals surface area contributed by atoms with E-state index in [-0.39, 0.29) is 12.1 Å². The van der Waals surface area contributed by atoms with Crippen LogP contribution in [0.3, 0.4) is 0 Å². The molecular weight excluding hydrogens is 468 g/mol. The Hall–Kier alpha value is -4.52. The van der Waals surface area contributed by atoms with Gasteiger partial charge in [-0.15, -0.1) is 0 Å². The van der Waals surface area contributed by atoms with Crippen molar-refractivity contribution in [2.24, 2.45) is 0 Å². The lowest BCUT2D eigenvalue weighted by Crippen LogP contribution is -2.55. The molecule has 0 N–H and O–H groups in total. The van der Waals surface area contributed by atoms with Gasteiger partial charge in [0.25, 0.3) is 0 Å². The third kappa shape index (κ3) is 4.80. The van der Waals surface area contributed by atoms with Crippen LogP contribution in [0.2, 0.25) is 0 Å². The van der Waals surface area contributed by atoms with E-state index in [0.29, 0.717) is 36.7 Å². The number of rotatable bonds is 3. The van der Waals surface area contributed by atoms with E-state index in [1.165, 1.54) is 6.33 Å². The summed E-state index contributed by atoms with van der Waals surface area (Å²) in [5.41, 5.74) is 2.25.